The minimum absolute atomic E-state index is 0.0571. The highest BCUT2D eigenvalue weighted by molar-refractivity contribution is 5.32. The molecule has 62 valence electrons. The normalized spacial score (nSPS) is 12.0. The lowest BCUT2D eigenvalue weighted by molar-refractivity contribution is 0.467. The third kappa shape index (κ3) is 2.00. The van der Waals surface area contributed by atoms with Crippen molar-refractivity contribution in [3.05, 3.63) is 41.2 Å². The van der Waals surface area contributed by atoms with Gasteiger partial charge in [-0.15, -0.1) is 0 Å². The fourth-order valence-corrected chi connectivity index (χ4v) is 1.05. The predicted molar refractivity (Wildman–Crippen MR) is 47.9 cm³/mol. The van der Waals surface area contributed by atoms with Gasteiger partial charge in [-0.3, -0.25) is 0 Å². The molecular formula is C10H11NO. The number of benzene rings is 1. The summed E-state index contributed by atoms with van der Waals surface area (Å²) in [6, 6.07) is 7.08. The molecule has 1 aromatic rings. The van der Waals surface area contributed by atoms with Gasteiger partial charge in [0.25, 0.3) is 0 Å². The van der Waals surface area contributed by atoms with Crippen molar-refractivity contribution in [1.82, 2.24) is 0 Å². The summed E-state index contributed by atoms with van der Waals surface area (Å²) in [5.41, 5.74) is 0.848. The topological polar surface area (TPSA) is 24.6 Å². The van der Waals surface area contributed by atoms with Crippen LogP contribution in [0.1, 0.15) is 12.5 Å². The van der Waals surface area contributed by atoms with Crippen molar-refractivity contribution in [2.75, 3.05) is 0 Å². The van der Waals surface area contributed by atoms with Crippen molar-refractivity contribution >= 4 is 0 Å². The van der Waals surface area contributed by atoms with E-state index in [2.05, 4.69) is 4.85 Å². The summed E-state index contributed by atoms with van der Waals surface area (Å²) in [7, 11) is 0. The number of aromatic hydroxyl groups is 1. The molecule has 0 aromatic heterocycles. The van der Waals surface area contributed by atoms with E-state index in [4.69, 9.17) is 6.57 Å². The Balaban J connectivity index is 2.77. The smallest absolute Gasteiger partial charge is 0.225 e. The molecule has 0 bridgehead atoms. The Morgan fingerprint density at radius 1 is 1.50 bits per heavy atom. The molecule has 0 spiro atoms. The summed E-state index contributed by atoms with van der Waals surface area (Å²) < 4.78 is 0. The molecule has 1 aromatic carbocycles. The first-order chi connectivity index (χ1) is 5.74. The van der Waals surface area contributed by atoms with Crippen LogP contribution in [-0.2, 0) is 6.42 Å². The van der Waals surface area contributed by atoms with Crippen molar-refractivity contribution in [3.8, 4) is 5.75 Å². The number of hydrogen-bond donors (Lipinski definition) is 1. The average Bonchev–Trinajstić information content (AvgIpc) is 2.09. The zero-order valence-corrected chi connectivity index (χ0v) is 6.99. The number of rotatable bonds is 2. The minimum Gasteiger partial charge on any atom is -0.508 e. The van der Waals surface area contributed by atoms with E-state index in [1.807, 2.05) is 19.1 Å². The third-order valence-corrected chi connectivity index (χ3v) is 1.73. The molecule has 0 radical (unpaired) electrons. The Morgan fingerprint density at radius 2 is 2.17 bits per heavy atom. The summed E-state index contributed by atoms with van der Waals surface area (Å²) >= 11 is 0. The molecule has 1 unspecified atom stereocenters. The number of hydrogen-bond acceptors (Lipinski definition) is 1. The van der Waals surface area contributed by atoms with Crippen molar-refractivity contribution in [2.45, 2.75) is 19.4 Å². The molecule has 0 heterocycles. The van der Waals surface area contributed by atoms with Crippen molar-refractivity contribution < 1.29 is 5.11 Å². The van der Waals surface area contributed by atoms with Crippen LogP contribution in [-0.4, -0.2) is 11.1 Å². The first-order valence-corrected chi connectivity index (χ1v) is 3.87. The Labute approximate surface area is 72.3 Å². The average molecular weight is 161 g/mol. The monoisotopic (exact) mass is 161 g/mol. The summed E-state index contributed by atoms with van der Waals surface area (Å²) in [5.74, 6) is 0.285. The minimum atomic E-state index is -0.0571. The maximum Gasteiger partial charge on any atom is 0.225 e. The van der Waals surface area contributed by atoms with E-state index >= 15 is 0 Å². The van der Waals surface area contributed by atoms with Crippen LogP contribution in [0.5, 0.6) is 5.75 Å². The van der Waals surface area contributed by atoms with E-state index in [9.17, 15) is 5.11 Å². The number of nitrogens with zero attached hydrogens (tertiary/aromatic N) is 1. The van der Waals surface area contributed by atoms with E-state index in [0.29, 0.717) is 6.42 Å². The lowest BCUT2D eigenvalue weighted by atomic mass is 10.1. The van der Waals surface area contributed by atoms with Crippen molar-refractivity contribution in [1.29, 1.82) is 0 Å². The second kappa shape index (κ2) is 3.77. The highest BCUT2D eigenvalue weighted by Gasteiger charge is 2.08. The van der Waals surface area contributed by atoms with Crippen molar-refractivity contribution in [3.63, 3.8) is 0 Å². The first kappa shape index (κ1) is 8.61. The van der Waals surface area contributed by atoms with Gasteiger partial charge >= 0.3 is 0 Å². The van der Waals surface area contributed by atoms with Crippen LogP contribution in [0.25, 0.3) is 4.85 Å². The van der Waals surface area contributed by atoms with Crippen LogP contribution in [0.3, 0.4) is 0 Å². The molecule has 0 saturated carbocycles. The Kier molecular flexibility index (Phi) is 2.71. The fraction of sp³-hybridized carbons (Fsp3) is 0.300. The quantitative estimate of drug-likeness (QED) is 0.661. The van der Waals surface area contributed by atoms with E-state index in [0.717, 1.165) is 5.56 Å². The summed E-state index contributed by atoms with van der Waals surface area (Å²) in [4.78, 5) is 3.36. The lowest BCUT2D eigenvalue weighted by Crippen LogP contribution is -1.99. The van der Waals surface area contributed by atoms with Crippen LogP contribution >= 0.6 is 0 Å². The summed E-state index contributed by atoms with van der Waals surface area (Å²) in [6.07, 6.45) is 0.621. The van der Waals surface area contributed by atoms with Gasteiger partial charge in [-0.05, 0) is 6.07 Å². The molecule has 0 aliphatic heterocycles. The molecule has 0 saturated heterocycles. The molecule has 1 N–H and O–H groups in total. The first-order valence-electron chi connectivity index (χ1n) is 3.87. The van der Waals surface area contributed by atoms with Gasteiger partial charge in [0, 0.05) is 12.5 Å². The van der Waals surface area contributed by atoms with Gasteiger partial charge < -0.3 is 9.95 Å². The van der Waals surface area contributed by atoms with E-state index in [1.54, 1.807) is 12.1 Å². The second-order valence-corrected chi connectivity index (χ2v) is 2.81. The summed E-state index contributed by atoms with van der Waals surface area (Å²) in [6.45, 7) is 8.62. The highest BCUT2D eigenvalue weighted by Crippen LogP contribution is 2.17. The molecule has 2 heteroatoms. The van der Waals surface area contributed by atoms with Gasteiger partial charge in [-0.1, -0.05) is 18.2 Å². The number of phenols is 1. The largest absolute Gasteiger partial charge is 0.508 e. The number of phenolic OH excluding ortho intramolecular Hbond substituents is 1. The SMILES string of the molecule is [C-]#[N+]C(C)Cc1ccccc1O. The van der Waals surface area contributed by atoms with Gasteiger partial charge in [0.05, 0.1) is 6.42 Å². The van der Waals surface area contributed by atoms with Crippen LogP contribution in [0.15, 0.2) is 24.3 Å². The standard InChI is InChI=1S/C10H11NO/c1-8(11-2)7-9-5-3-4-6-10(9)12/h3-6,8,12H,7H2,1H3. The van der Waals surface area contributed by atoms with Gasteiger partial charge in [0.1, 0.15) is 5.75 Å². The Hall–Kier alpha value is -1.49. The van der Waals surface area contributed by atoms with Crippen molar-refractivity contribution in [2.24, 2.45) is 0 Å². The van der Waals surface area contributed by atoms with E-state index in [-0.39, 0.29) is 11.8 Å². The lowest BCUT2D eigenvalue weighted by Gasteiger charge is -2.02. The maximum atomic E-state index is 9.35. The zero-order chi connectivity index (χ0) is 8.97. The molecule has 0 amide bonds. The third-order valence-electron chi connectivity index (χ3n) is 1.73. The fourth-order valence-electron chi connectivity index (χ4n) is 1.05. The maximum absolute atomic E-state index is 9.35. The molecule has 1 atom stereocenters. The van der Waals surface area contributed by atoms with Crippen LogP contribution in [0, 0.1) is 6.57 Å². The molecule has 0 fully saturated rings. The Bertz CT molecular complexity index is 301. The van der Waals surface area contributed by atoms with Gasteiger partial charge in [-0.2, -0.15) is 0 Å². The van der Waals surface area contributed by atoms with E-state index in [1.165, 1.54) is 0 Å². The number of para-hydroxylation sites is 1. The summed E-state index contributed by atoms with van der Waals surface area (Å²) in [5, 5.41) is 9.35. The van der Waals surface area contributed by atoms with Crippen LogP contribution in [0.4, 0.5) is 0 Å². The van der Waals surface area contributed by atoms with Crippen LogP contribution < -0.4 is 0 Å². The van der Waals surface area contributed by atoms with Gasteiger partial charge in [-0.25, -0.2) is 6.57 Å². The Morgan fingerprint density at radius 3 is 2.75 bits per heavy atom. The molecule has 0 aliphatic rings. The van der Waals surface area contributed by atoms with Gasteiger partial charge in [0.15, 0.2) is 0 Å². The molecule has 0 aliphatic carbocycles. The molecular weight excluding hydrogens is 150 g/mol. The highest BCUT2D eigenvalue weighted by atomic mass is 16.3. The second-order valence-electron chi connectivity index (χ2n) is 2.81. The molecule has 2 nitrogen and oxygen atoms in total. The van der Waals surface area contributed by atoms with E-state index < -0.39 is 0 Å². The zero-order valence-electron chi connectivity index (χ0n) is 6.99. The predicted octanol–water partition coefficient (Wildman–Crippen LogP) is 2.24. The molecule has 12 heavy (non-hydrogen) atoms. The van der Waals surface area contributed by atoms with Crippen LogP contribution in [0.2, 0.25) is 0 Å². The van der Waals surface area contributed by atoms with Gasteiger partial charge in [0.2, 0.25) is 6.04 Å². The molecule has 1 rings (SSSR count).